The van der Waals surface area contributed by atoms with Gasteiger partial charge in [-0.3, -0.25) is 4.68 Å². The van der Waals surface area contributed by atoms with Crippen LogP contribution in [0.1, 0.15) is 11.9 Å². The highest BCUT2D eigenvalue weighted by Gasteiger charge is 2.06. The summed E-state index contributed by atoms with van der Waals surface area (Å²) >= 11 is 1.68. The molecule has 2 rings (SSSR count). The third-order valence-corrected chi connectivity index (χ3v) is 3.01. The van der Waals surface area contributed by atoms with Crippen LogP contribution in [-0.2, 0) is 13.6 Å². The summed E-state index contributed by atoms with van der Waals surface area (Å²) in [5, 5.41) is 10.6. The van der Waals surface area contributed by atoms with Crippen LogP contribution in [0.4, 0.5) is 0 Å². The number of aryl methyl sites for hydroxylation is 1. The highest BCUT2D eigenvalue weighted by Crippen LogP contribution is 2.20. The highest BCUT2D eigenvalue weighted by atomic mass is 32.1. The molecule has 0 saturated carbocycles. The first-order valence-corrected chi connectivity index (χ1v) is 5.82. The minimum Gasteiger partial charge on any atom is -0.311 e. The monoisotopic (exact) mass is 222 g/mol. The van der Waals surface area contributed by atoms with Crippen molar-refractivity contribution >= 4 is 11.3 Å². The van der Waals surface area contributed by atoms with E-state index in [1.807, 2.05) is 17.8 Å². The zero-order valence-corrected chi connectivity index (χ0v) is 9.71. The van der Waals surface area contributed by atoms with Gasteiger partial charge < -0.3 is 5.32 Å². The lowest BCUT2D eigenvalue weighted by Gasteiger charge is -1.97. The van der Waals surface area contributed by atoms with E-state index in [0.717, 1.165) is 29.5 Å². The first kappa shape index (κ1) is 10.3. The molecular formula is C10H14N4S. The Morgan fingerprint density at radius 3 is 3.07 bits per heavy atom. The lowest BCUT2D eigenvalue weighted by molar-refractivity contribution is 0.722. The number of nitrogens with zero attached hydrogens (tertiary/aromatic N) is 3. The Hall–Kier alpha value is -1.20. The van der Waals surface area contributed by atoms with E-state index in [1.54, 1.807) is 17.5 Å². The summed E-state index contributed by atoms with van der Waals surface area (Å²) in [5.41, 5.74) is 2.07. The van der Waals surface area contributed by atoms with Crippen LogP contribution in [0.5, 0.6) is 0 Å². The Morgan fingerprint density at radius 2 is 2.40 bits per heavy atom. The van der Waals surface area contributed by atoms with Gasteiger partial charge in [0.1, 0.15) is 5.01 Å². The quantitative estimate of drug-likeness (QED) is 0.855. The SMILES string of the molecule is CCNCc1nc(-c2ccnn2C)cs1. The molecule has 80 valence electrons. The van der Waals surface area contributed by atoms with Gasteiger partial charge in [0.15, 0.2) is 0 Å². The Morgan fingerprint density at radius 1 is 1.53 bits per heavy atom. The molecule has 0 spiro atoms. The molecule has 2 aromatic heterocycles. The Bertz CT molecular complexity index is 432. The van der Waals surface area contributed by atoms with Gasteiger partial charge in [0, 0.05) is 25.2 Å². The van der Waals surface area contributed by atoms with E-state index in [0.29, 0.717) is 0 Å². The number of hydrogen-bond donors (Lipinski definition) is 1. The normalized spacial score (nSPS) is 10.8. The lowest BCUT2D eigenvalue weighted by atomic mass is 10.3. The van der Waals surface area contributed by atoms with Crippen molar-refractivity contribution in [1.29, 1.82) is 0 Å². The number of thiazole rings is 1. The molecule has 0 atom stereocenters. The average molecular weight is 222 g/mol. The molecule has 0 aromatic carbocycles. The Balaban J connectivity index is 2.17. The molecule has 0 aliphatic heterocycles. The maximum Gasteiger partial charge on any atom is 0.107 e. The predicted octanol–water partition coefficient (Wildman–Crippen LogP) is 1.65. The van der Waals surface area contributed by atoms with E-state index in [9.17, 15) is 0 Å². The van der Waals surface area contributed by atoms with Crippen molar-refractivity contribution in [3.8, 4) is 11.4 Å². The largest absolute Gasteiger partial charge is 0.311 e. The van der Waals surface area contributed by atoms with E-state index in [-0.39, 0.29) is 0 Å². The second-order valence-electron chi connectivity index (χ2n) is 3.25. The van der Waals surface area contributed by atoms with Crippen LogP contribution >= 0.6 is 11.3 Å². The van der Waals surface area contributed by atoms with Gasteiger partial charge in [-0.1, -0.05) is 6.92 Å². The average Bonchev–Trinajstić information content (AvgIpc) is 2.83. The number of aromatic nitrogens is 3. The fourth-order valence-electron chi connectivity index (χ4n) is 1.37. The number of rotatable bonds is 4. The van der Waals surface area contributed by atoms with Gasteiger partial charge in [-0.2, -0.15) is 5.10 Å². The van der Waals surface area contributed by atoms with Crippen LogP contribution in [0, 0.1) is 0 Å². The molecule has 2 heterocycles. The number of nitrogens with one attached hydrogen (secondary N) is 1. The molecule has 0 amide bonds. The molecular weight excluding hydrogens is 208 g/mol. The van der Waals surface area contributed by atoms with Gasteiger partial charge in [0.05, 0.1) is 11.4 Å². The molecule has 15 heavy (non-hydrogen) atoms. The van der Waals surface area contributed by atoms with Crippen molar-refractivity contribution in [2.45, 2.75) is 13.5 Å². The molecule has 4 nitrogen and oxygen atoms in total. The van der Waals surface area contributed by atoms with Crippen LogP contribution in [0.15, 0.2) is 17.6 Å². The van der Waals surface area contributed by atoms with Crippen LogP contribution in [0.3, 0.4) is 0 Å². The maximum atomic E-state index is 4.55. The van der Waals surface area contributed by atoms with Gasteiger partial charge in [-0.15, -0.1) is 11.3 Å². The smallest absolute Gasteiger partial charge is 0.107 e. The van der Waals surface area contributed by atoms with Crippen LogP contribution in [0.25, 0.3) is 11.4 Å². The van der Waals surface area contributed by atoms with Crippen molar-refractivity contribution in [1.82, 2.24) is 20.1 Å². The minimum absolute atomic E-state index is 0.846. The summed E-state index contributed by atoms with van der Waals surface area (Å²) in [6.07, 6.45) is 1.79. The van der Waals surface area contributed by atoms with Crippen molar-refractivity contribution in [2.75, 3.05) is 6.54 Å². The summed E-state index contributed by atoms with van der Waals surface area (Å²) in [6, 6.07) is 1.98. The van der Waals surface area contributed by atoms with Crippen molar-refractivity contribution in [2.24, 2.45) is 7.05 Å². The van der Waals surface area contributed by atoms with E-state index in [1.165, 1.54) is 0 Å². The van der Waals surface area contributed by atoms with Crippen molar-refractivity contribution < 1.29 is 0 Å². The molecule has 0 aliphatic carbocycles. The zero-order valence-electron chi connectivity index (χ0n) is 8.90. The second kappa shape index (κ2) is 4.55. The maximum absolute atomic E-state index is 4.55. The fraction of sp³-hybridized carbons (Fsp3) is 0.400. The van der Waals surface area contributed by atoms with Gasteiger partial charge in [-0.25, -0.2) is 4.98 Å². The zero-order chi connectivity index (χ0) is 10.7. The van der Waals surface area contributed by atoms with Gasteiger partial charge in [0.25, 0.3) is 0 Å². The first-order valence-electron chi connectivity index (χ1n) is 4.94. The molecule has 0 bridgehead atoms. The third-order valence-electron chi connectivity index (χ3n) is 2.16. The highest BCUT2D eigenvalue weighted by molar-refractivity contribution is 7.09. The van der Waals surface area contributed by atoms with Crippen LogP contribution in [0.2, 0.25) is 0 Å². The van der Waals surface area contributed by atoms with Crippen LogP contribution in [-0.4, -0.2) is 21.3 Å². The third kappa shape index (κ3) is 2.24. The topological polar surface area (TPSA) is 42.7 Å². The molecule has 5 heteroatoms. The summed E-state index contributed by atoms with van der Waals surface area (Å²) in [4.78, 5) is 4.55. The van der Waals surface area contributed by atoms with Crippen molar-refractivity contribution in [3.63, 3.8) is 0 Å². The van der Waals surface area contributed by atoms with Crippen LogP contribution < -0.4 is 5.32 Å². The van der Waals surface area contributed by atoms with E-state index in [4.69, 9.17) is 0 Å². The summed E-state index contributed by atoms with van der Waals surface area (Å²) < 4.78 is 1.84. The molecule has 0 fully saturated rings. The molecule has 0 aliphatic rings. The molecule has 0 saturated heterocycles. The summed E-state index contributed by atoms with van der Waals surface area (Å²) in [5.74, 6) is 0. The molecule has 1 N–H and O–H groups in total. The standard InChI is InChI=1S/C10H14N4S/c1-3-11-6-10-13-8(7-15-10)9-4-5-12-14(9)2/h4-5,7,11H,3,6H2,1-2H3. The second-order valence-corrected chi connectivity index (χ2v) is 4.19. The summed E-state index contributed by atoms with van der Waals surface area (Å²) in [6.45, 7) is 3.91. The Labute approximate surface area is 93.0 Å². The fourth-order valence-corrected chi connectivity index (χ4v) is 2.12. The Kier molecular flexibility index (Phi) is 3.13. The minimum atomic E-state index is 0.846. The molecule has 0 radical (unpaired) electrons. The number of hydrogen-bond acceptors (Lipinski definition) is 4. The predicted molar refractivity (Wildman–Crippen MR) is 61.7 cm³/mol. The molecule has 2 aromatic rings. The van der Waals surface area contributed by atoms with Gasteiger partial charge in [-0.05, 0) is 12.6 Å². The van der Waals surface area contributed by atoms with Gasteiger partial charge >= 0.3 is 0 Å². The lowest BCUT2D eigenvalue weighted by Crippen LogP contribution is -2.11. The van der Waals surface area contributed by atoms with E-state index < -0.39 is 0 Å². The van der Waals surface area contributed by atoms with E-state index in [2.05, 4.69) is 27.7 Å². The van der Waals surface area contributed by atoms with E-state index >= 15 is 0 Å². The van der Waals surface area contributed by atoms with Gasteiger partial charge in [0.2, 0.25) is 0 Å². The molecule has 0 unspecified atom stereocenters. The van der Waals surface area contributed by atoms with Crippen molar-refractivity contribution in [3.05, 3.63) is 22.7 Å². The first-order chi connectivity index (χ1) is 7.31. The summed E-state index contributed by atoms with van der Waals surface area (Å²) in [7, 11) is 1.93.